The molecule has 18 heavy (non-hydrogen) atoms. The Hall–Kier alpha value is -1.58. The van der Waals surface area contributed by atoms with Gasteiger partial charge in [0.05, 0.1) is 4.92 Å². The average Bonchev–Trinajstić information content (AvgIpc) is 2.82. The van der Waals surface area contributed by atoms with Gasteiger partial charge in [0, 0.05) is 12.6 Å². The van der Waals surface area contributed by atoms with E-state index in [9.17, 15) is 10.1 Å². The number of rotatable bonds is 5. The van der Waals surface area contributed by atoms with E-state index in [1.165, 1.54) is 25.7 Å². The fraction of sp³-hybridized carbons (Fsp3) is 0.571. The van der Waals surface area contributed by atoms with Crippen LogP contribution in [0.4, 0.5) is 11.4 Å². The monoisotopic (exact) mass is 248 g/mol. The van der Waals surface area contributed by atoms with Crippen LogP contribution in [0.3, 0.4) is 0 Å². The molecule has 1 N–H and O–H groups in total. The Kier molecular flexibility index (Phi) is 4.18. The summed E-state index contributed by atoms with van der Waals surface area (Å²) in [6, 6.07) is 5.21. The fourth-order valence-corrected chi connectivity index (χ4v) is 2.66. The summed E-state index contributed by atoms with van der Waals surface area (Å²) in [5.74, 6) is 0.807. The van der Waals surface area contributed by atoms with E-state index in [0.29, 0.717) is 5.69 Å². The van der Waals surface area contributed by atoms with Gasteiger partial charge < -0.3 is 5.32 Å². The van der Waals surface area contributed by atoms with Gasteiger partial charge in [-0.3, -0.25) is 10.1 Å². The quantitative estimate of drug-likeness (QED) is 0.635. The van der Waals surface area contributed by atoms with Gasteiger partial charge in [-0.05, 0) is 30.9 Å². The molecule has 4 nitrogen and oxygen atoms in total. The van der Waals surface area contributed by atoms with Crippen LogP contribution in [0.2, 0.25) is 0 Å². The molecule has 98 valence electrons. The summed E-state index contributed by atoms with van der Waals surface area (Å²) < 4.78 is 0. The van der Waals surface area contributed by atoms with Crippen molar-refractivity contribution in [3.05, 3.63) is 33.9 Å². The molecular formula is C14H20N2O2. The van der Waals surface area contributed by atoms with Crippen LogP contribution >= 0.6 is 0 Å². The first kappa shape index (κ1) is 12.9. The van der Waals surface area contributed by atoms with Crippen molar-refractivity contribution in [3.63, 3.8) is 0 Å². The Bertz CT molecular complexity index is 426. The van der Waals surface area contributed by atoms with E-state index < -0.39 is 0 Å². The van der Waals surface area contributed by atoms with Crippen molar-refractivity contribution in [1.29, 1.82) is 0 Å². The van der Waals surface area contributed by atoms with E-state index >= 15 is 0 Å². The number of nitro benzene ring substituents is 1. The molecule has 0 bridgehead atoms. The molecule has 0 radical (unpaired) electrons. The summed E-state index contributed by atoms with van der Waals surface area (Å²) in [7, 11) is 0. The van der Waals surface area contributed by atoms with E-state index in [0.717, 1.165) is 24.4 Å². The van der Waals surface area contributed by atoms with Crippen LogP contribution < -0.4 is 5.32 Å². The van der Waals surface area contributed by atoms with Crippen molar-refractivity contribution in [3.8, 4) is 0 Å². The number of nitro groups is 1. The smallest absolute Gasteiger partial charge is 0.292 e. The number of nitrogens with zero attached hydrogens (tertiary/aromatic N) is 1. The van der Waals surface area contributed by atoms with Crippen LogP contribution in [-0.2, 0) is 0 Å². The number of nitrogens with one attached hydrogen (secondary N) is 1. The summed E-state index contributed by atoms with van der Waals surface area (Å²) >= 11 is 0. The molecule has 0 atom stereocenters. The second kappa shape index (κ2) is 5.85. The number of aryl methyl sites for hydroxylation is 1. The second-order valence-electron chi connectivity index (χ2n) is 5.14. The third-order valence-electron chi connectivity index (χ3n) is 3.69. The highest BCUT2D eigenvalue weighted by Crippen LogP contribution is 2.29. The lowest BCUT2D eigenvalue weighted by Crippen LogP contribution is -2.08. The molecule has 0 saturated heterocycles. The highest BCUT2D eigenvalue weighted by Gasteiger charge is 2.16. The third-order valence-corrected chi connectivity index (χ3v) is 3.69. The summed E-state index contributed by atoms with van der Waals surface area (Å²) in [6.45, 7) is 2.78. The Morgan fingerprint density at radius 1 is 1.39 bits per heavy atom. The van der Waals surface area contributed by atoms with Gasteiger partial charge in [-0.2, -0.15) is 0 Å². The highest BCUT2D eigenvalue weighted by molar-refractivity contribution is 5.62. The lowest BCUT2D eigenvalue weighted by atomic mass is 10.0. The first-order chi connectivity index (χ1) is 8.66. The van der Waals surface area contributed by atoms with Gasteiger partial charge in [0.1, 0.15) is 5.69 Å². The predicted octanol–water partition coefficient (Wildman–Crippen LogP) is 3.90. The van der Waals surface area contributed by atoms with Crippen LogP contribution in [0.15, 0.2) is 18.2 Å². The maximum absolute atomic E-state index is 10.9. The van der Waals surface area contributed by atoms with E-state index in [2.05, 4.69) is 5.32 Å². The molecule has 4 heteroatoms. The average molecular weight is 248 g/mol. The molecule has 0 aromatic heterocycles. The first-order valence-corrected chi connectivity index (χ1v) is 6.66. The number of benzene rings is 1. The van der Waals surface area contributed by atoms with Crippen molar-refractivity contribution in [2.45, 2.75) is 39.0 Å². The Morgan fingerprint density at radius 3 is 2.78 bits per heavy atom. The highest BCUT2D eigenvalue weighted by atomic mass is 16.6. The number of hydrogen-bond acceptors (Lipinski definition) is 3. The zero-order valence-corrected chi connectivity index (χ0v) is 10.8. The van der Waals surface area contributed by atoms with Crippen molar-refractivity contribution in [2.75, 3.05) is 11.9 Å². The maximum atomic E-state index is 10.9. The Labute approximate surface area is 108 Å². The zero-order chi connectivity index (χ0) is 13.0. The SMILES string of the molecule is Cc1ccc([N+](=O)[O-])c(NCCC2CCCC2)c1. The normalized spacial score (nSPS) is 15.8. The minimum absolute atomic E-state index is 0.173. The number of hydrogen-bond donors (Lipinski definition) is 1. The van der Waals surface area contributed by atoms with Gasteiger partial charge >= 0.3 is 0 Å². The van der Waals surface area contributed by atoms with Gasteiger partial charge in [-0.1, -0.05) is 31.7 Å². The fourth-order valence-electron chi connectivity index (χ4n) is 2.66. The van der Waals surface area contributed by atoms with Crippen molar-refractivity contribution in [2.24, 2.45) is 5.92 Å². The molecular weight excluding hydrogens is 228 g/mol. The molecule has 1 aliphatic rings. The topological polar surface area (TPSA) is 55.2 Å². The Morgan fingerprint density at radius 2 is 2.11 bits per heavy atom. The molecule has 1 aliphatic carbocycles. The van der Waals surface area contributed by atoms with Crippen molar-refractivity contribution >= 4 is 11.4 Å². The molecule has 1 aromatic carbocycles. The van der Waals surface area contributed by atoms with E-state index in [4.69, 9.17) is 0 Å². The van der Waals surface area contributed by atoms with Crippen LogP contribution in [0.5, 0.6) is 0 Å². The van der Waals surface area contributed by atoms with Gasteiger partial charge in [-0.15, -0.1) is 0 Å². The summed E-state index contributed by atoms with van der Waals surface area (Å²) in [4.78, 5) is 10.6. The summed E-state index contributed by atoms with van der Waals surface area (Å²) in [5.41, 5.74) is 1.87. The third kappa shape index (κ3) is 3.22. The van der Waals surface area contributed by atoms with Gasteiger partial charge in [0.15, 0.2) is 0 Å². The molecule has 2 rings (SSSR count). The molecule has 0 spiro atoms. The minimum Gasteiger partial charge on any atom is -0.379 e. The molecule has 1 saturated carbocycles. The van der Waals surface area contributed by atoms with E-state index in [-0.39, 0.29) is 10.6 Å². The van der Waals surface area contributed by atoms with E-state index in [1.807, 2.05) is 13.0 Å². The zero-order valence-electron chi connectivity index (χ0n) is 10.8. The van der Waals surface area contributed by atoms with Gasteiger partial charge in [0.25, 0.3) is 5.69 Å². The molecule has 0 amide bonds. The first-order valence-electron chi connectivity index (χ1n) is 6.66. The van der Waals surface area contributed by atoms with E-state index in [1.54, 1.807) is 12.1 Å². The summed E-state index contributed by atoms with van der Waals surface area (Å²) in [5, 5.41) is 14.1. The summed E-state index contributed by atoms with van der Waals surface area (Å²) in [6.07, 6.45) is 6.44. The molecule has 1 fully saturated rings. The van der Waals surface area contributed by atoms with Crippen molar-refractivity contribution < 1.29 is 4.92 Å². The van der Waals surface area contributed by atoms with Crippen molar-refractivity contribution in [1.82, 2.24) is 0 Å². The lowest BCUT2D eigenvalue weighted by Gasteiger charge is -2.11. The van der Waals surface area contributed by atoms with Crippen LogP contribution in [0, 0.1) is 23.0 Å². The largest absolute Gasteiger partial charge is 0.379 e. The molecule has 0 aliphatic heterocycles. The Balaban J connectivity index is 1.94. The lowest BCUT2D eigenvalue weighted by molar-refractivity contribution is -0.384. The minimum atomic E-state index is -0.322. The standard InChI is InChI=1S/C14H20N2O2/c1-11-6-7-14(16(17)18)13(10-11)15-9-8-12-4-2-3-5-12/h6-7,10,12,15H,2-5,8-9H2,1H3. The van der Waals surface area contributed by atoms with Crippen LogP contribution in [0.25, 0.3) is 0 Å². The second-order valence-corrected chi connectivity index (χ2v) is 5.14. The number of anilines is 1. The predicted molar refractivity (Wildman–Crippen MR) is 72.9 cm³/mol. The maximum Gasteiger partial charge on any atom is 0.292 e. The molecule has 1 aromatic rings. The molecule has 0 unspecified atom stereocenters. The van der Waals surface area contributed by atoms with Gasteiger partial charge in [0.2, 0.25) is 0 Å². The van der Waals surface area contributed by atoms with Crippen LogP contribution in [-0.4, -0.2) is 11.5 Å². The molecule has 0 heterocycles. The van der Waals surface area contributed by atoms with Crippen LogP contribution in [0.1, 0.15) is 37.7 Å². The van der Waals surface area contributed by atoms with Gasteiger partial charge in [-0.25, -0.2) is 0 Å².